The van der Waals surface area contributed by atoms with E-state index in [1.807, 2.05) is 0 Å². The molecule has 0 fully saturated rings. The van der Waals surface area contributed by atoms with Crippen LogP contribution in [0.4, 0.5) is 8.78 Å². The number of halogens is 2. The second kappa shape index (κ2) is 6.44. The summed E-state index contributed by atoms with van der Waals surface area (Å²) in [5.41, 5.74) is -1.65. The van der Waals surface area contributed by atoms with Crippen LogP contribution in [0.3, 0.4) is 0 Å². The van der Waals surface area contributed by atoms with E-state index in [0.29, 0.717) is 6.54 Å². The average Bonchev–Trinajstić information content (AvgIpc) is 3.20. The standard InChI is InChI=1S/C15H16F2N6O/c1-11(5-22-9-18-7-20-22)15(24,6-23-10-19-8-21-23)13-3-2-12(16)4-14(13)17/h2-4,7-11,24H,5-6H2,1H3. The van der Waals surface area contributed by atoms with E-state index in [9.17, 15) is 13.9 Å². The molecule has 0 saturated heterocycles. The molecule has 7 nitrogen and oxygen atoms in total. The summed E-state index contributed by atoms with van der Waals surface area (Å²) in [4.78, 5) is 7.68. The molecule has 1 N–H and O–H groups in total. The summed E-state index contributed by atoms with van der Waals surface area (Å²) in [7, 11) is 0. The van der Waals surface area contributed by atoms with Gasteiger partial charge < -0.3 is 5.11 Å². The first-order chi connectivity index (χ1) is 11.5. The van der Waals surface area contributed by atoms with Gasteiger partial charge in [0, 0.05) is 24.1 Å². The fourth-order valence-corrected chi connectivity index (χ4v) is 2.67. The number of hydrogen-bond acceptors (Lipinski definition) is 5. The lowest BCUT2D eigenvalue weighted by atomic mass is 9.81. The number of benzene rings is 1. The topological polar surface area (TPSA) is 81.6 Å². The zero-order valence-electron chi connectivity index (χ0n) is 12.9. The van der Waals surface area contributed by atoms with Gasteiger partial charge in [-0.2, -0.15) is 10.2 Å². The zero-order chi connectivity index (χ0) is 17.2. The fourth-order valence-electron chi connectivity index (χ4n) is 2.67. The molecule has 0 amide bonds. The molecule has 1 aromatic carbocycles. The molecule has 0 aliphatic carbocycles. The van der Waals surface area contributed by atoms with E-state index >= 15 is 0 Å². The van der Waals surface area contributed by atoms with Crippen LogP contribution in [0.2, 0.25) is 0 Å². The first-order valence-corrected chi connectivity index (χ1v) is 7.32. The highest BCUT2D eigenvalue weighted by molar-refractivity contribution is 5.26. The summed E-state index contributed by atoms with van der Waals surface area (Å²) in [6.07, 6.45) is 5.63. The van der Waals surface area contributed by atoms with Crippen molar-refractivity contribution in [3.05, 3.63) is 60.7 Å². The molecular weight excluding hydrogens is 318 g/mol. The van der Waals surface area contributed by atoms with Gasteiger partial charge in [0.05, 0.1) is 6.54 Å². The minimum absolute atomic E-state index is 0.00739. The van der Waals surface area contributed by atoms with Gasteiger partial charge >= 0.3 is 0 Å². The normalized spacial score (nSPS) is 15.2. The lowest BCUT2D eigenvalue weighted by Gasteiger charge is -2.34. The molecule has 3 rings (SSSR count). The quantitative estimate of drug-likeness (QED) is 0.736. The molecule has 126 valence electrons. The third-order valence-electron chi connectivity index (χ3n) is 4.01. The highest BCUT2D eigenvalue weighted by atomic mass is 19.1. The number of aliphatic hydroxyl groups is 1. The SMILES string of the molecule is CC(Cn1cncn1)C(O)(Cn1cncn1)c1ccc(F)cc1F. The maximum Gasteiger partial charge on any atom is 0.137 e. The van der Waals surface area contributed by atoms with Crippen LogP contribution in [0.5, 0.6) is 0 Å². The highest BCUT2D eigenvalue weighted by Gasteiger charge is 2.39. The fraction of sp³-hybridized carbons (Fsp3) is 0.333. The maximum atomic E-state index is 14.3. The van der Waals surface area contributed by atoms with Gasteiger partial charge in [0.2, 0.25) is 0 Å². The van der Waals surface area contributed by atoms with Gasteiger partial charge in [-0.3, -0.25) is 4.68 Å². The van der Waals surface area contributed by atoms with Crippen molar-refractivity contribution in [1.82, 2.24) is 29.5 Å². The highest BCUT2D eigenvalue weighted by Crippen LogP contribution is 2.34. The van der Waals surface area contributed by atoms with E-state index in [0.717, 1.165) is 12.1 Å². The predicted molar refractivity (Wildman–Crippen MR) is 79.5 cm³/mol. The summed E-state index contributed by atoms with van der Waals surface area (Å²) < 4.78 is 30.5. The van der Waals surface area contributed by atoms with Crippen LogP contribution in [-0.4, -0.2) is 34.6 Å². The molecule has 3 aromatic rings. The van der Waals surface area contributed by atoms with E-state index in [1.165, 1.54) is 36.1 Å². The summed E-state index contributed by atoms with van der Waals surface area (Å²) in [6, 6.07) is 3.12. The molecule has 2 aromatic heterocycles. The Labute approximate surface area is 136 Å². The first-order valence-electron chi connectivity index (χ1n) is 7.32. The van der Waals surface area contributed by atoms with Crippen molar-refractivity contribution in [2.24, 2.45) is 5.92 Å². The van der Waals surface area contributed by atoms with Crippen LogP contribution < -0.4 is 0 Å². The Bertz CT molecular complexity index is 792. The molecule has 2 atom stereocenters. The Morgan fingerprint density at radius 1 is 1.12 bits per heavy atom. The van der Waals surface area contributed by atoms with Crippen LogP contribution in [0, 0.1) is 17.6 Å². The molecule has 2 heterocycles. The van der Waals surface area contributed by atoms with Gasteiger partial charge in [-0.15, -0.1) is 0 Å². The number of aromatic nitrogens is 6. The number of nitrogens with zero attached hydrogens (tertiary/aromatic N) is 6. The van der Waals surface area contributed by atoms with Gasteiger partial charge in [0.1, 0.15) is 42.5 Å². The average molecular weight is 334 g/mol. The molecule has 0 aliphatic rings. The van der Waals surface area contributed by atoms with E-state index in [2.05, 4.69) is 20.2 Å². The van der Waals surface area contributed by atoms with Crippen molar-refractivity contribution in [1.29, 1.82) is 0 Å². The Balaban J connectivity index is 1.99. The van der Waals surface area contributed by atoms with Gasteiger partial charge in [0.15, 0.2) is 0 Å². The Morgan fingerprint density at radius 2 is 1.79 bits per heavy atom. The van der Waals surface area contributed by atoms with Crippen molar-refractivity contribution in [3.8, 4) is 0 Å². The second-order valence-corrected chi connectivity index (χ2v) is 5.66. The first kappa shape index (κ1) is 16.2. The summed E-state index contributed by atoms with van der Waals surface area (Å²) in [5.74, 6) is -1.99. The lowest BCUT2D eigenvalue weighted by molar-refractivity contribution is -0.0459. The van der Waals surface area contributed by atoms with Crippen molar-refractivity contribution in [2.45, 2.75) is 25.6 Å². The summed E-state index contributed by atoms with van der Waals surface area (Å²) >= 11 is 0. The minimum atomic E-state index is -1.64. The molecule has 0 radical (unpaired) electrons. The Hall–Kier alpha value is -2.68. The smallest absolute Gasteiger partial charge is 0.137 e. The molecular formula is C15H16F2N6O. The summed E-state index contributed by atoms with van der Waals surface area (Å²) in [6.45, 7) is 2.01. The van der Waals surface area contributed by atoms with E-state index < -0.39 is 23.2 Å². The molecule has 0 aliphatic heterocycles. The minimum Gasteiger partial charge on any atom is -0.383 e. The van der Waals surface area contributed by atoms with E-state index in [-0.39, 0.29) is 12.1 Å². The van der Waals surface area contributed by atoms with Crippen molar-refractivity contribution < 1.29 is 13.9 Å². The lowest BCUT2D eigenvalue weighted by Crippen LogP contribution is -2.41. The van der Waals surface area contributed by atoms with Crippen molar-refractivity contribution >= 4 is 0 Å². The van der Waals surface area contributed by atoms with Gasteiger partial charge in [0.25, 0.3) is 0 Å². The van der Waals surface area contributed by atoms with E-state index in [1.54, 1.807) is 11.6 Å². The van der Waals surface area contributed by atoms with Crippen LogP contribution in [0.1, 0.15) is 12.5 Å². The number of rotatable bonds is 6. The van der Waals surface area contributed by atoms with E-state index in [4.69, 9.17) is 0 Å². The molecule has 24 heavy (non-hydrogen) atoms. The van der Waals surface area contributed by atoms with Crippen LogP contribution in [0.25, 0.3) is 0 Å². The Kier molecular flexibility index (Phi) is 4.34. The largest absolute Gasteiger partial charge is 0.383 e. The zero-order valence-corrected chi connectivity index (χ0v) is 12.9. The molecule has 0 bridgehead atoms. The molecule has 2 unspecified atom stereocenters. The molecule has 0 spiro atoms. The number of hydrogen-bond donors (Lipinski definition) is 1. The van der Waals surface area contributed by atoms with Crippen LogP contribution in [-0.2, 0) is 18.7 Å². The van der Waals surface area contributed by atoms with Gasteiger partial charge in [-0.05, 0) is 6.07 Å². The Morgan fingerprint density at radius 3 is 2.38 bits per heavy atom. The third kappa shape index (κ3) is 3.16. The summed E-state index contributed by atoms with van der Waals surface area (Å²) in [5, 5.41) is 19.3. The second-order valence-electron chi connectivity index (χ2n) is 5.66. The van der Waals surface area contributed by atoms with Crippen molar-refractivity contribution in [2.75, 3.05) is 0 Å². The van der Waals surface area contributed by atoms with Crippen LogP contribution in [0.15, 0.2) is 43.5 Å². The van der Waals surface area contributed by atoms with Gasteiger partial charge in [-0.1, -0.05) is 13.0 Å². The molecule has 9 heteroatoms. The predicted octanol–water partition coefficient (Wildman–Crippen LogP) is 1.37. The maximum absolute atomic E-state index is 14.3. The molecule has 0 saturated carbocycles. The third-order valence-corrected chi connectivity index (χ3v) is 4.01. The van der Waals surface area contributed by atoms with Crippen molar-refractivity contribution in [3.63, 3.8) is 0 Å². The van der Waals surface area contributed by atoms with Crippen LogP contribution >= 0.6 is 0 Å². The van der Waals surface area contributed by atoms with Gasteiger partial charge in [-0.25, -0.2) is 23.4 Å². The monoisotopic (exact) mass is 334 g/mol.